The lowest BCUT2D eigenvalue weighted by Gasteiger charge is -2.27. The average molecular weight is 460 g/mol. The van der Waals surface area contributed by atoms with Gasteiger partial charge in [-0.15, -0.1) is 0 Å². The molecule has 0 unspecified atom stereocenters. The summed E-state index contributed by atoms with van der Waals surface area (Å²) < 4.78 is 21.0. The number of methoxy groups -OCH3 is 1. The molecule has 4 N–H and O–H groups in total. The third-order valence-corrected chi connectivity index (χ3v) is 7.66. The van der Waals surface area contributed by atoms with Gasteiger partial charge in [0.2, 0.25) is 0 Å². The van der Waals surface area contributed by atoms with Crippen LogP contribution in [0.25, 0.3) is 0 Å². The molecule has 6 nitrogen and oxygen atoms in total. The van der Waals surface area contributed by atoms with Crippen LogP contribution in [0.15, 0.2) is 42.5 Å². The first-order valence-corrected chi connectivity index (χ1v) is 13.0. The molecule has 7 heteroatoms. The van der Waals surface area contributed by atoms with E-state index in [9.17, 15) is 4.57 Å². The van der Waals surface area contributed by atoms with E-state index in [1.165, 1.54) is 35.1 Å². The SMILES string of the molecule is COc1ccc(CC[C@H]2CCc3cc([C@@H]4CC[C@@](N)(COP(=O)(O)O)C4)ccc3C2)cc1. The Labute approximate surface area is 190 Å². The molecule has 0 aromatic heterocycles. The largest absolute Gasteiger partial charge is 0.497 e. The van der Waals surface area contributed by atoms with E-state index in [2.05, 4.69) is 30.3 Å². The summed E-state index contributed by atoms with van der Waals surface area (Å²) in [4.78, 5) is 18.0. The van der Waals surface area contributed by atoms with E-state index in [1.54, 1.807) is 7.11 Å². The fourth-order valence-corrected chi connectivity index (χ4v) is 5.72. The van der Waals surface area contributed by atoms with Crippen LogP contribution in [-0.2, 0) is 28.4 Å². The Morgan fingerprint density at radius 3 is 2.62 bits per heavy atom. The minimum absolute atomic E-state index is 0.103. The third kappa shape index (κ3) is 6.00. The van der Waals surface area contributed by atoms with Gasteiger partial charge < -0.3 is 20.3 Å². The summed E-state index contributed by atoms with van der Waals surface area (Å²) in [5, 5.41) is 0. The zero-order chi connectivity index (χ0) is 22.8. The number of rotatable bonds is 8. The maximum absolute atomic E-state index is 11.0. The number of nitrogens with two attached hydrogens (primary N) is 1. The first-order chi connectivity index (χ1) is 15.2. The zero-order valence-electron chi connectivity index (χ0n) is 18.7. The molecule has 1 saturated carbocycles. The molecule has 32 heavy (non-hydrogen) atoms. The number of fused-ring (bicyclic) bond motifs is 1. The minimum Gasteiger partial charge on any atom is -0.497 e. The first kappa shape index (κ1) is 23.5. The van der Waals surface area contributed by atoms with Gasteiger partial charge in [0.25, 0.3) is 0 Å². The molecule has 1 fully saturated rings. The first-order valence-electron chi connectivity index (χ1n) is 11.5. The molecule has 4 rings (SSSR count). The van der Waals surface area contributed by atoms with Crippen molar-refractivity contribution in [2.45, 2.75) is 62.8 Å². The second-order valence-corrected chi connectivity index (χ2v) is 10.8. The summed E-state index contributed by atoms with van der Waals surface area (Å²) in [6, 6.07) is 15.2. The topological polar surface area (TPSA) is 102 Å². The van der Waals surface area contributed by atoms with Crippen molar-refractivity contribution in [2.24, 2.45) is 11.7 Å². The predicted molar refractivity (Wildman–Crippen MR) is 125 cm³/mol. The van der Waals surface area contributed by atoms with Gasteiger partial charge in [-0.3, -0.25) is 4.52 Å². The molecule has 0 heterocycles. The number of benzene rings is 2. The van der Waals surface area contributed by atoms with Crippen LogP contribution >= 0.6 is 7.82 Å². The van der Waals surface area contributed by atoms with Crippen molar-refractivity contribution in [1.82, 2.24) is 0 Å². The molecule has 0 radical (unpaired) electrons. The minimum atomic E-state index is -4.49. The van der Waals surface area contributed by atoms with Crippen molar-refractivity contribution in [2.75, 3.05) is 13.7 Å². The average Bonchev–Trinajstić information content (AvgIpc) is 3.18. The number of aryl methyl sites for hydroxylation is 2. The van der Waals surface area contributed by atoms with Crippen molar-refractivity contribution < 1.29 is 23.6 Å². The number of hydrogen-bond donors (Lipinski definition) is 3. The maximum Gasteiger partial charge on any atom is 0.469 e. The van der Waals surface area contributed by atoms with E-state index in [4.69, 9.17) is 24.8 Å². The lowest BCUT2D eigenvalue weighted by atomic mass is 9.79. The van der Waals surface area contributed by atoms with E-state index in [0.29, 0.717) is 24.7 Å². The molecule has 0 bridgehead atoms. The fourth-order valence-electron chi connectivity index (χ4n) is 5.30. The van der Waals surface area contributed by atoms with Crippen molar-refractivity contribution in [3.8, 4) is 5.75 Å². The highest BCUT2D eigenvalue weighted by molar-refractivity contribution is 7.46. The van der Waals surface area contributed by atoms with Gasteiger partial charge in [-0.2, -0.15) is 0 Å². The van der Waals surface area contributed by atoms with Crippen LogP contribution in [0.5, 0.6) is 5.75 Å². The monoisotopic (exact) mass is 459 g/mol. The van der Waals surface area contributed by atoms with Gasteiger partial charge in [-0.25, -0.2) is 4.57 Å². The van der Waals surface area contributed by atoms with Crippen LogP contribution in [0.4, 0.5) is 0 Å². The van der Waals surface area contributed by atoms with Gasteiger partial charge in [0.1, 0.15) is 5.75 Å². The molecule has 2 aromatic rings. The summed E-state index contributed by atoms with van der Waals surface area (Å²) in [6.45, 7) is -0.103. The Kier molecular flexibility index (Phi) is 7.09. The zero-order valence-corrected chi connectivity index (χ0v) is 19.6. The molecule has 0 aliphatic heterocycles. The highest BCUT2D eigenvalue weighted by atomic mass is 31.2. The Bertz CT molecular complexity index is 973. The Hall–Kier alpha value is -1.69. The van der Waals surface area contributed by atoms with E-state index in [-0.39, 0.29) is 6.61 Å². The normalized spacial score (nSPS) is 25.5. The summed E-state index contributed by atoms with van der Waals surface area (Å²) in [6.07, 6.45) is 8.08. The number of phosphoric ester groups is 1. The van der Waals surface area contributed by atoms with Gasteiger partial charge in [-0.1, -0.05) is 30.3 Å². The van der Waals surface area contributed by atoms with Crippen molar-refractivity contribution in [1.29, 1.82) is 0 Å². The van der Waals surface area contributed by atoms with E-state index < -0.39 is 13.4 Å². The van der Waals surface area contributed by atoms with E-state index in [0.717, 1.165) is 31.4 Å². The van der Waals surface area contributed by atoms with Gasteiger partial charge in [0.05, 0.1) is 13.7 Å². The second-order valence-electron chi connectivity index (χ2n) is 9.59. The summed E-state index contributed by atoms with van der Waals surface area (Å²) in [7, 11) is -2.79. The van der Waals surface area contributed by atoms with Crippen molar-refractivity contribution in [3.63, 3.8) is 0 Å². The molecular formula is C25H34NO5P. The lowest BCUT2D eigenvalue weighted by Crippen LogP contribution is -2.41. The van der Waals surface area contributed by atoms with Crippen molar-refractivity contribution >= 4 is 7.82 Å². The van der Waals surface area contributed by atoms with Crippen LogP contribution in [0.3, 0.4) is 0 Å². The molecule has 2 aliphatic rings. The highest BCUT2D eigenvalue weighted by Gasteiger charge is 2.38. The molecule has 2 aliphatic carbocycles. The van der Waals surface area contributed by atoms with E-state index in [1.807, 2.05) is 12.1 Å². The number of ether oxygens (including phenoxy) is 1. The standard InChI is InChI=1S/C25H34NO5P/c1-30-24-10-5-18(6-11-24)2-3-19-4-7-21-15-22(9-8-20(21)14-19)23-12-13-25(26,16-23)17-31-32(27,28)29/h5-6,8-11,15,19,23H,2-4,7,12-14,16-17,26H2,1H3,(H2,27,28,29)/t19-,23+,25-/m0/s1. The van der Waals surface area contributed by atoms with Gasteiger partial charge in [0, 0.05) is 5.54 Å². The maximum atomic E-state index is 11.0. The Morgan fingerprint density at radius 1 is 1.12 bits per heavy atom. The molecule has 3 atom stereocenters. The molecule has 174 valence electrons. The van der Waals surface area contributed by atoms with Gasteiger partial charge in [-0.05, 0) is 97.6 Å². The van der Waals surface area contributed by atoms with Crippen LogP contribution < -0.4 is 10.5 Å². The quantitative estimate of drug-likeness (QED) is 0.502. The molecule has 0 amide bonds. The molecular weight excluding hydrogens is 425 g/mol. The second kappa shape index (κ2) is 9.66. The lowest BCUT2D eigenvalue weighted by molar-refractivity contribution is 0.153. The molecule has 0 spiro atoms. The number of phosphoric acid groups is 1. The van der Waals surface area contributed by atoms with Crippen LogP contribution in [0.1, 0.15) is 60.3 Å². The molecule has 2 aromatic carbocycles. The Balaban J connectivity index is 1.32. The summed E-state index contributed by atoms with van der Waals surface area (Å²) in [5.41, 5.74) is 11.3. The van der Waals surface area contributed by atoms with Crippen LogP contribution in [0, 0.1) is 5.92 Å². The molecule has 0 saturated heterocycles. The summed E-state index contributed by atoms with van der Waals surface area (Å²) in [5.74, 6) is 1.93. The van der Waals surface area contributed by atoms with Crippen LogP contribution in [0.2, 0.25) is 0 Å². The third-order valence-electron chi connectivity index (χ3n) is 7.20. The fraction of sp³-hybridized carbons (Fsp3) is 0.520. The van der Waals surface area contributed by atoms with Crippen LogP contribution in [-0.4, -0.2) is 29.0 Å². The predicted octanol–water partition coefficient (Wildman–Crippen LogP) is 4.51. The van der Waals surface area contributed by atoms with Gasteiger partial charge >= 0.3 is 7.82 Å². The number of hydrogen-bond acceptors (Lipinski definition) is 4. The summed E-state index contributed by atoms with van der Waals surface area (Å²) >= 11 is 0. The van der Waals surface area contributed by atoms with Gasteiger partial charge in [0.15, 0.2) is 0 Å². The van der Waals surface area contributed by atoms with Crippen molar-refractivity contribution in [3.05, 3.63) is 64.7 Å². The highest BCUT2D eigenvalue weighted by Crippen LogP contribution is 2.44. The van der Waals surface area contributed by atoms with E-state index >= 15 is 0 Å². The Morgan fingerprint density at radius 2 is 1.91 bits per heavy atom. The smallest absolute Gasteiger partial charge is 0.469 e.